The minimum absolute atomic E-state index is 0.0288. The molecule has 0 aliphatic heterocycles. The van der Waals surface area contributed by atoms with Crippen molar-refractivity contribution in [3.8, 4) is 5.75 Å². The largest absolute Gasteiger partial charge is 0.497 e. The number of carbonyl (C=O) groups excluding carboxylic acids is 1. The first-order chi connectivity index (χ1) is 11.6. The van der Waals surface area contributed by atoms with Crippen LogP contribution in [0.25, 0.3) is 11.0 Å². The Hall–Kier alpha value is -2.30. The van der Waals surface area contributed by atoms with Gasteiger partial charge in [0.05, 0.1) is 7.11 Å². The first-order valence-corrected chi connectivity index (χ1v) is 8.49. The van der Waals surface area contributed by atoms with Crippen molar-refractivity contribution in [1.82, 2.24) is 5.32 Å². The Morgan fingerprint density at radius 2 is 2.08 bits per heavy atom. The summed E-state index contributed by atoms with van der Waals surface area (Å²) >= 11 is 0. The summed E-state index contributed by atoms with van der Waals surface area (Å²) in [6, 6.07) is 6.68. The van der Waals surface area contributed by atoms with E-state index in [0.717, 1.165) is 25.7 Å². The quantitative estimate of drug-likeness (QED) is 0.748. The Morgan fingerprint density at radius 1 is 1.29 bits per heavy atom. The van der Waals surface area contributed by atoms with Gasteiger partial charge in [-0.1, -0.05) is 33.1 Å². The van der Waals surface area contributed by atoms with Gasteiger partial charge >= 0.3 is 5.63 Å². The number of unbranched alkanes of at least 4 members (excludes halogenated alkanes) is 1. The molecule has 0 fully saturated rings. The smallest absolute Gasteiger partial charge is 0.349 e. The highest BCUT2D eigenvalue weighted by atomic mass is 16.5. The zero-order valence-corrected chi connectivity index (χ0v) is 14.6. The maximum atomic E-state index is 12.4. The second-order valence-electron chi connectivity index (χ2n) is 5.98. The predicted octanol–water partition coefficient (Wildman–Crippen LogP) is 3.75. The molecule has 2 rings (SSSR count). The molecule has 0 bridgehead atoms. The zero-order valence-electron chi connectivity index (χ0n) is 14.6. The first kappa shape index (κ1) is 18.0. The summed E-state index contributed by atoms with van der Waals surface area (Å²) in [4.78, 5) is 24.4. The maximum Gasteiger partial charge on any atom is 0.349 e. The number of nitrogens with one attached hydrogen (secondary N) is 1. The number of amides is 1. The van der Waals surface area contributed by atoms with E-state index in [1.807, 2.05) is 0 Å². The van der Waals surface area contributed by atoms with Gasteiger partial charge in [-0.25, -0.2) is 4.79 Å². The van der Waals surface area contributed by atoms with E-state index in [2.05, 4.69) is 19.2 Å². The average Bonchev–Trinajstić information content (AvgIpc) is 2.60. The molecule has 1 N–H and O–H groups in total. The topological polar surface area (TPSA) is 68.5 Å². The predicted molar refractivity (Wildman–Crippen MR) is 94.7 cm³/mol. The van der Waals surface area contributed by atoms with E-state index in [-0.39, 0.29) is 11.5 Å². The van der Waals surface area contributed by atoms with Crippen LogP contribution in [0.3, 0.4) is 0 Å². The molecule has 1 aromatic carbocycles. The van der Waals surface area contributed by atoms with Crippen LogP contribution in [0.1, 0.15) is 49.9 Å². The van der Waals surface area contributed by atoms with Crippen LogP contribution in [-0.4, -0.2) is 19.6 Å². The fourth-order valence-corrected chi connectivity index (χ4v) is 2.66. The molecule has 1 unspecified atom stereocenters. The Bertz CT molecular complexity index is 751. The highest BCUT2D eigenvalue weighted by molar-refractivity contribution is 5.96. The minimum atomic E-state index is -0.619. The normalized spacial score (nSPS) is 12.1. The van der Waals surface area contributed by atoms with Gasteiger partial charge in [0.2, 0.25) is 0 Å². The molecule has 1 amide bonds. The molecular formula is C19H25NO4. The van der Waals surface area contributed by atoms with Gasteiger partial charge in [0, 0.05) is 11.9 Å². The molecule has 1 aromatic heterocycles. The number of fused-ring (bicyclic) bond motifs is 1. The molecule has 5 heteroatoms. The van der Waals surface area contributed by atoms with E-state index in [1.54, 1.807) is 31.4 Å². The summed E-state index contributed by atoms with van der Waals surface area (Å²) in [5.41, 5.74) is -0.153. The Balaban J connectivity index is 2.16. The Labute approximate surface area is 142 Å². The molecule has 2 aromatic rings. The summed E-state index contributed by atoms with van der Waals surface area (Å²) in [5, 5.41) is 3.53. The Morgan fingerprint density at radius 3 is 2.75 bits per heavy atom. The molecule has 0 aliphatic carbocycles. The van der Waals surface area contributed by atoms with E-state index in [0.29, 0.717) is 29.2 Å². The van der Waals surface area contributed by atoms with Crippen LogP contribution in [0.4, 0.5) is 0 Å². The van der Waals surface area contributed by atoms with Crippen molar-refractivity contribution in [3.63, 3.8) is 0 Å². The van der Waals surface area contributed by atoms with Crippen LogP contribution >= 0.6 is 0 Å². The van der Waals surface area contributed by atoms with E-state index >= 15 is 0 Å². The van der Waals surface area contributed by atoms with Crippen molar-refractivity contribution < 1.29 is 13.9 Å². The second kappa shape index (κ2) is 8.52. The highest BCUT2D eigenvalue weighted by Gasteiger charge is 2.15. The molecule has 0 spiro atoms. The van der Waals surface area contributed by atoms with Gasteiger partial charge in [0.15, 0.2) is 0 Å². The third-order valence-electron chi connectivity index (χ3n) is 4.28. The number of hydrogen-bond acceptors (Lipinski definition) is 4. The number of hydrogen-bond donors (Lipinski definition) is 1. The van der Waals surface area contributed by atoms with Gasteiger partial charge in [-0.3, -0.25) is 4.79 Å². The van der Waals surface area contributed by atoms with E-state index in [9.17, 15) is 9.59 Å². The monoisotopic (exact) mass is 331 g/mol. The van der Waals surface area contributed by atoms with Gasteiger partial charge in [0.1, 0.15) is 16.9 Å². The Kier molecular flexibility index (Phi) is 6.41. The van der Waals surface area contributed by atoms with Gasteiger partial charge in [-0.05, 0) is 36.6 Å². The van der Waals surface area contributed by atoms with E-state index in [4.69, 9.17) is 9.15 Å². The van der Waals surface area contributed by atoms with Crippen molar-refractivity contribution in [1.29, 1.82) is 0 Å². The van der Waals surface area contributed by atoms with Crippen LogP contribution < -0.4 is 15.7 Å². The van der Waals surface area contributed by atoms with Gasteiger partial charge in [-0.2, -0.15) is 0 Å². The lowest BCUT2D eigenvalue weighted by Gasteiger charge is -2.15. The van der Waals surface area contributed by atoms with Crippen molar-refractivity contribution in [2.24, 2.45) is 5.92 Å². The number of benzene rings is 1. The second-order valence-corrected chi connectivity index (χ2v) is 5.98. The number of carbonyl (C=O) groups is 1. The maximum absolute atomic E-state index is 12.4. The van der Waals surface area contributed by atoms with Gasteiger partial charge in [0.25, 0.3) is 5.91 Å². The highest BCUT2D eigenvalue weighted by Crippen LogP contribution is 2.20. The summed E-state index contributed by atoms with van der Waals surface area (Å²) in [7, 11) is 1.56. The number of rotatable bonds is 8. The van der Waals surface area contributed by atoms with Crippen molar-refractivity contribution in [2.45, 2.75) is 39.5 Å². The summed E-state index contributed by atoms with van der Waals surface area (Å²) in [6.45, 7) is 4.84. The molecule has 5 nitrogen and oxygen atoms in total. The molecular weight excluding hydrogens is 306 g/mol. The van der Waals surface area contributed by atoms with Crippen LogP contribution in [0.5, 0.6) is 5.75 Å². The molecule has 130 valence electrons. The van der Waals surface area contributed by atoms with Crippen LogP contribution in [-0.2, 0) is 0 Å². The fourth-order valence-electron chi connectivity index (χ4n) is 2.66. The average molecular weight is 331 g/mol. The summed E-state index contributed by atoms with van der Waals surface area (Å²) in [5.74, 6) is 0.693. The summed E-state index contributed by atoms with van der Waals surface area (Å²) < 4.78 is 10.4. The minimum Gasteiger partial charge on any atom is -0.497 e. The lowest BCUT2D eigenvalue weighted by molar-refractivity contribution is 0.0942. The van der Waals surface area contributed by atoms with Crippen LogP contribution in [0.2, 0.25) is 0 Å². The van der Waals surface area contributed by atoms with Crippen LogP contribution in [0, 0.1) is 5.92 Å². The lowest BCUT2D eigenvalue weighted by Crippen LogP contribution is -2.32. The molecule has 0 aliphatic rings. The molecule has 1 heterocycles. The summed E-state index contributed by atoms with van der Waals surface area (Å²) in [6.07, 6.45) is 4.37. The third kappa shape index (κ3) is 4.37. The third-order valence-corrected chi connectivity index (χ3v) is 4.28. The molecule has 1 atom stereocenters. The SMILES string of the molecule is CCCCC(CC)CNC(=O)c1cc2cc(OC)ccc2oc1=O. The van der Waals surface area contributed by atoms with Gasteiger partial charge < -0.3 is 14.5 Å². The molecule has 0 radical (unpaired) electrons. The standard InChI is InChI=1S/C19H25NO4/c1-4-6-7-13(5-2)12-20-18(21)16-11-14-10-15(23-3)8-9-17(14)24-19(16)22/h8-11,13H,4-7,12H2,1-3H3,(H,20,21). The van der Waals surface area contributed by atoms with Crippen molar-refractivity contribution in [3.05, 3.63) is 40.2 Å². The lowest BCUT2D eigenvalue weighted by atomic mass is 9.99. The van der Waals surface area contributed by atoms with Crippen molar-refractivity contribution in [2.75, 3.05) is 13.7 Å². The van der Waals surface area contributed by atoms with Crippen molar-refractivity contribution >= 4 is 16.9 Å². The van der Waals surface area contributed by atoms with E-state index in [1.165, 1.54) is 0 Å². The molecule has 0 saturated heterocycles. The van der Waals surface area contributed by atoms with Gasteiger partial charge in [-0.15, -0.1) is 0 Å². The van der Waals surface area contributed by atoms with Crippen LogP contribution in [0.15, 0.2) is 33.5 Å². The van der Waals surface area contributed by atoms with E-state index < -0.39 is 5.63 Å². The number of methoxy groups -OCH3 is 1. The first-order valence-electron chi connectivity index (χ1n) is 8.49. The fraction of sp³-hybridized carbons (Fsp3) is 0.474. The number of ether oxygens (including phenoxy) is 1. The molecule has 0 saturated carbocycles. The molecule has 24 heavy (non-hydrogen) atoms. The zero-order chi connectivity index (χ0) is 17.5.